The van der Waals surface area contributed by atoms with Crippen molar-refractivity contribution in [3.8, 4) is 17.1 Å². The molecule has 0 fully saturated rings. The molecule has 1 amide bonds. The van der Waals surface area contributed by atoms with Crippen LogP contribution in [0.3, 0.4) is 0 Å². The third kappa shape index (κ3) is 4.70. The van der Waals surface area contributed by atoms with Crippen molar-refractivity contribution >= 4 is 23.4 Å². The van der Waals surface area contributed by atoms with E-state index in [0.29, 0.717) is 17.5 Å². The first-order valence-electron chi connectivity index (χ1n) is 10.2. The van der Waals surface area contributed by atoms with Gasteiger partial charge in [-0.25, -0.2) is 0 Å². The number of rotatable bonds is 8. The molecule has 164 valence electrons. The Balaban J connectivity index is 1.63. The molecular formula is C24H24N4O3S. The van der Waals surface area contributed by atoms with Gasteiger partial charge in [0.05, 0.1) is 25.2 Å². The summed E-state index contributed by atoms with van der Waals surface area (Å²) in [5.74, 6) is 2.17. The lowest BCUT2D eigenvalue weighted by molar-refractivity contribution is -0.117. The molecule has 2 aromatic heterocycles. The van der Waals surface area contributed by atoms with Crippen molar-refractivity contribution in [1.82, 2.24) is 14.8 Å². The van der Waals surface area contributed by atoms with E-state index < -0.39 is 0 Å². The van der Waals surface area contributed by atoms with Gasteiger partial charge >= 0.3 is 0 Å². The van der Waals surface area contributed by atoms with Gasteiger partial charge in [-0.2, -0.15) is 0 Å². The number of carbonyl (C=O) groups is 1. The highest BCUT2D eigenvalue weighted by atomic mass is 32.2. The zero-order valence-electron chi connectivity index (χ0n) is 18.1. The van der Waals surface area contributed by atoms with E-state index in [0.717, 1.165) is 22.8 Å². The smallest absolute Gasteiger partial charge is 0.240 e. The number of furan rings is 1. The molecule has 0 aliphatic heterocycles. The van der Waals surface area contributed by atoms with E-state index in [1.54, 1.807) is 25.3 Å². The molecule has 0 unspecified atom stereocenters. The highest BCUT2D eigenvalue weighted by Gasteiger charge is 2.24. The predicted octanol–water partition coefficient (Wildman–Crippen LogP) is 4.74. The van der Waals surface area contributed by atoms with E-state index in [4.69, 9.17) is 9.15 Å². The number of para-hydroxylation sites is 1. The molecule has 0 saturated carbocycles. The van der Waals surface area contributed by atoms with E-state index in [9.17, 15) is 4.79 Å². The Hall–Kier alpha value is -3.52. The molecule has 7 nitrogen and oxygen atoms in total. The van der Waals surface area contributed by atoms with E-state index in [2.05, 4.69) is 10.2 Å². The molecule has 0 radical (unpaired) electrons. The lowest BCUT2D eigenvalue weighted by atomic mass is 10.2. The number of carbonyl (C=O) groups excluding carboxylic acids is 1. The van der Waals surface area contributed by atoms with Crippen LogP contribution < -0.4 is 9.64 Å². The average molecular weight is 449 g/mol. The van der Waals surface area contributed by atoms with Crippen LogP contribution in [0.5, 0.6) is 5.75 Å². The molecular weight excluding hydrogens is 424 g/mol. The lowest BCUT2D eigenvalue weighted by Crippen LogP contribution is -2.33. The maximum Gasteiger partial charge on any atom is 0.240 e. The summed E-state index contributed by atoms with van der Waals surface area (Å²) in [6.45, 7) is 2.33. The van der Waals surface area contributed by atoms with Gasteiger partial charge in [0.2, 0.25) is 5.91 Å². The predicted molar refractivity (Wildman–Crippen MR) is 125 cm³/mol. The summed E-state index contributed by atoms with van der Waals surface area (Å²) in [4.78, 5) is 14.7. The minimum atomic E-state index is -0.363. The monoisotopic (exact) mass is 448 g/mol. The van der Waals surface area contributed by atoms with Gasteiger partial charge < -0.3 is 14.1 Å². The third-order valence-electron chi connectivity index (χ3n) is 5.04. The van der Waals surface area contributed by atoms with Crippen LogP contribution in [-0.4, -0.2) is 40.1 Å². The molecule has 4 rings (SSSR count). The second-order valence-corrected chi connectivity index (χ2v) is 8.50. The van der Waals surface area contributed by atoms with Crippen LogP contribution in [0.15, 0.2) is 82.6 Å². The van der Waals surface area contributed by atoms with E-state index in [1.165, 1.54) is 11.8 Å². The number of anilines is 1. The zero-order chi connectivity index (χ0) is 22.5. The second-order valence-electron chi connectivity index (χ2n) is 7.20. The van der Waals surface area contributed by atoms with Crippen molar-refractivity contribution in [1.29, 1.82) is 0 Å². The van der Waals surface area contributed by atoms with Crippen LogP contribution in [-0.2, 0) is 11.3 Å². The minimum absolute atomic E-state index is 0.0170. The number of hydrogen-bond acceptors (Lipinski definition) is 6. The number of ether oxygens (including phenoxy) is 1. The van der Waals surface area contributed by atoms with Crippen LogP contribution in [0.25, 0.3) is 11.4 Å². The van der Waals surface area contributed by atoms with E-state index in [-0.39, 0.29) is 11.2 Å². The Morgan fingerprint density at radius 1 is 1.12 bits per heavy atom. The maximum atomic E-state index is 13.0. The van der Waals surface area contributed by atoms with Gasteiger partial charge in [0.15, 0.2) is 11.0 Å². The molecule has 32 heavy (non-hydrogen) atoms. The molecule has 0 saturated heterocycles. The van der Waals surface area contributed by atoms with Crippen molar-refractivity contribution in [2.45, 2.75) is 23.9 Å². The highest BCUT2D eigenvalue weighted by molar-refractivity contribution is 8.00. The summed E-state index contributed by atoms with van der Waals surface area (Å²) in [5, 5.41) is 9.11. The van der Waals surface area contributed by atoms with E-state index in [1.807, 2.05) is 78.2 Å². The summed E-state index contributed by atoms with van der Waals surface area (Å²) in [6.07, 6.45) is 1.64. The fraction of sp³-hybridized carbons (Fsp3) is 0.208. The average Bonchev–Trinajstić information content (AvgIpc) is 3.49. The standard InChI is InChI=1S/C24H24N4O3S/c1-17(23(29)27(2)19-10-5-4-6-11-19)32-24-26-25-22(18-9-7-12-20(15-18)30-3)28(24)16-21-13-8-14-31-21/h4-15,17H,16H2,1-3H3/t17-/m1/s1. The maximum absolute atomic E-state index is 13.0. The number of aromatic nitrogens is 3. The largest absolute Gasteiger partial charge is 0.497 e. The molecule has 4 aromatic rings. The summed E-state index contributed by atoms with van der Waals surface area (Å²) in [7, 11) is 3.41. The van der Waals surface area contributed by atoms with Gasteiger partial charge in [0, 0.05) is 18.3 Å². The first-order chi connectivity index (χ1) is 15.6. The number of hydrogen-bond donors (Lipinski definition) is 0. The van der Waals surface area contributed by atoms with Crippen molar-refractivity contribution in [2.75, 3.05) is 19.1 Å². The minimum Gasteiger partial charge on any atom is -0.497 e. The van der Waals surface area contributed by atoms with Crippen LogP contribution >= 0.6 is 11.8 Å². The number of methoxy groups -OCH3 is 1. The Morgan fingerprint density at radius 3 is 2.66 bits per heavy atom. The Labute approximate surface area is 191 Å². The number of thioether (sulfide) groups is 1. The van der Waals surface area contributed by atoms with Gasteiger partial charge in [-0.05, 0) is 43.3 Å². The molecule has 1 atom stereocenters. The SMILES string of the molecule is COc1cccc(-c2nnc(S[C@H](C)C(=O)N(C)c3ccccc3)n2Cc2ccco2)c1. The normalized spacial score (nSPS) is 11.8. The number of amides is 1. The van der Waals surface area contributed by atoms with Gasteiger partial charge in [-0.3, -0.25) is 9.36 Å². The first-order valence-corrected chi connectivity index (χ1v) is 11.0. The van der Waals surface area contributed by atoms with Crippen LogP contribution in [0.4, 0.5) is 5.69 Å². The number of nitrogens with zero attached hydrogens (tertiary/aromatic N) is 4. The van der Waals surface area contributed by atoms with Crippen LogP contribution in [0.2, 0.25) is 0 Å². The third-order valence-corrected chi connectivity index (χ3v) is 6.11. The summed E-state index contributed by atoms with van der Waals surface area (Å²) >= 11 is 1.37. The molecule has 0 aliphatic rings. The fourth-order valence-electron chi connectivity index (χ4n) is 3.31. The molecule has 2 aromatic carbocycles. The first kappa shape index (κ1) is 21.7. The van der Waals surface area contributed by atoms with Crippen molar-refractivity contribution in [3.63, 3.8) is 0 Å². The molecule has 8 heteroatoms. The quantitative estimate of drug-likeness (QED) is 0.363. The molecule has 0 bridgehead atoms. The van der Waals surface area contributed by atoms with Gasteiger partial charge in [-0.1, -0.05) is 42.1 Å². The zero-order valence-corrected chi connectivity index (χ0v) is 19.0. The Bertz CT molecular complexity index is 1180. The molecule has 0 aliphatic carbocycles. The molecule has 0 spiro atoms. The summed E-state index contributed by atoms with van der Waals surface area (Å²) in [5.41, 5.74) is 1.72. The second kappa shape index (κ2) is 9.74. The molecule has 0 N–H and O–H groups in total. The van der Waals surface area contributed by atoms with Crippen LogP contribution in [0, 0.1) is 0 Å². The lowest BCUT2D eigenvalue weighted by Gasteiger charge is -2.21. The number of benzene rings is 2. The summed E-state index contributed by atoms with van der Waals surface area (Å²) < 4.78 is 12.9. The Morgan fingerprint density at radius 2 is 1.94 bits per heavy atom. The Kier molecular flexibility index (Phi) is 6.61. The van der Waals surface area contributed by atoms with Gasteiger partial charge in [-0.15, -0.1) is 10.2 Å². The molecule has 2 heterocycles. The van der Waals surface area contributed by atoms with Gasteiger partial charge in [0.25, 0.3) is 0 Å². The van der Waals surface area contributed by atoms with Gasteiger partial charge in [0.1, 0.15) is 11.5 Å². The van der Waals surface area contributed by atoms with Crippen molar-refractivity contribution in [2.24, 2.45) is 0 Å². The summed E-state index contributed by atoms with van der Waals surface area (Å²) in [6, 6.07) is 21.0. The van der Waals surface area contributed by atoms with E-state index >= 15 is 0 Å². The highest BCUT2D eigenvalue weighted by Crippen LogP contribution is 2.30. The topological polar surface area (TPSA) is 73.4 Å². The van der Waals surface area contributed by atoms with Crippen molar-refractivity contribution in [3.05, 3.63) is 78.8 Å². The van der Waals surface area contributed by atoms with Crippen molar-refractivity contribution < 1.29 is 13.9 Å². The fourth-order valence-corrected chi connectivity index (χ4v) is 4.25. The van der Waals surface area contributed by atoms with Crippen LogP contribution in [0.1, 0.15) is 12.7 Å².